The minimum atomic E-state index is -0.375. The van der Waals surface area contributed by atoms with Gasteiger partial charge in [-0.05, 0) is 30.9 Å². The molecular weight excluding hydrogens is 280 g/mol. The van der Waals surface area contributed by atoms with Crippen LogP contribution in [0.5, 0.6) is 5.75 Å². The molecule has 0 saturated heterocycles. The van der Waals surface area contributed by atoms with E-state index in [-0.39, 0.29) is 12.5 Å². The zero-order valence-corrected chi connectivity index (χ0v) is 13.1. The van der Waals surface area contributed by atoms with Gasteiger partial charge in [0.05, 0.1) is 5.56 Å². The van der Waals surface area contributed by atoms with Crippen molar-refractivity contribution in [1.82, 2.24) is 15.6 Å². The number of carbonyl (C=O) groups excluding carboxylic acids is 1. The third-order valence-electron chi connectivity index (χ3n) is 3.81. The maximum atomic E-state index is 11.8. The number of ether oxygens (including phenoxy) is 1. The van der Waals surface area contributed by atoms with E-state index in [9.17, 15) is 4.79 Å². The highest BCUT2D eigenvalue weighted by molar-refractivity contribution is 5.95. The Morgan fingerprint density at radius 3 is 2.86 bits per heavy atom. The lowest BCUT2D eigenvalue weighted by molar-refractivity contribution is 0.0950. The van der Waals surface area contributed by atoms with E-state index in [4.69, 9.17) is 10.6 Å². The molecule has 1 amide bonds. The Hall–Kier alpha value is -2.34. The van der Waals surface area contributed by atoms with Crippen LogP contribution in [0, 0.1) is 6.92 Å². The topological polar surface area (TPSA) is 93.0 Å². The second-order valence-corrected chi connectivity index (χ2v) is 5.28. The fraction of sp³-hybridized carbons (Fsp3) is 0.375. The van der Waals surface area contributed by atoms with Crippen molar-refractivity contribution in [1.29, 1.82) is 0 Å². The second-order valence-electron chi connectivity index (χ2n) is 5.28. The zero-order chi connectivity index (χ0) is 16.1. The molecule has 1 aromatic heterocycles. The lowest BCUT2D eigenvalue weighted by Gasteiger charge is -2.15. The Bertz CT molecular complexity index is 651. The monoisotopic (exact) mass is 302 g/mol. The number of nitrogen functional groups attached to an aromatic ring is 1. The molecule has 1 aromatic carbocycles. The van der Waals surface area contributed by atoms with E-state index < -0.39 is 0 Å². The fourth-order valence-electron chi connectivity index (χ4n) is 2.34. The van der Waals surface area contributed by atoms with Gasteiger partial charge in [0.25, 0.3) is 5.91 Å². The van der Waals surface area contributed by atoms with E-state index in [1.807, 2.05) is 18.2 Å². The quantitative estimate of drug-likeness (QED) is 0.434. The Morgan fingerprint density at radius 1 is 1.45 bits per heavy atom. The molecule has 0 saturated carbocycles. The van der Waals surface area contributed by atoms with E-state index in [1.165, 1.54) is 0 Å². The molecule has 0 spiro atoms. The molecule has 4 N–H and O–H groups in total. The number of nitrogens with one attached hydrogen (secondary N) is 2. The summed E-state index contributed by atoms with van der Waals surface area (Å²) in [6.45, 7) is 6.28. The number of aryl methyl sites for hydroxylation is 1. The van der Waals surface area contributed by atoms with Gasteiger partial charge in [-0.1, -0.05) is 32.0 Å². The van der Waals surface area contributed by atoms with Gasteiger partial charge in [-0.25, -0.2) is 5.84 Å². The summed E-state index contributed by atoms with van der Waals surface area (Å²) in [6.07, 6.45) is 1.03. The molecule has 0 aliphatic rings. The zero-order valence-electron chi connectivity index (χ0n) is 13.1. The van der Waals surface area contributed by atoms with Crippen LogP contribution in [0.4, 0.5) is 0 Å². The average Bonchev–Trinajstić information content (AvgIpc) is 2.92. The van der Waals surface area contributed by atoms with E-state index in [1.54, 1.807) is 6.92 Å². The van der Waals surface area contributed by atoms with Crippen molar-refractivity contribution in [3.05, 3.63) is 46.8 Å². The van der Waals surface area contributed by atoms with Crippen molar-refractivity contribution >= 4 is 5.91 Å². The molecular formula is C16H22N4O2. The molecule has 6 nitrogen and oxygen atoms in total. The third-order valence-corrected chi connectivity index (χ3v) is 3.81. The normalized spacial score (nSPS) is 12.0. The van der Waals surface area contributed by atoms with Gasteiger partial charge in [0.15, 0.2) is 0 Å². The summed E-state index contributed by atoms with van der Waals surface area (Å²) in [4.78, 5) is 11.8. The SMILES string of the molecule is CCC(C)c1ccccc1OCc1n[nH]c(C)c1C(=O)NN. The molecule has 22 heavy (non-hydrogen) atoms. The molecule has 1 heterocycles. The largest absolute Gasteiger partial charge is 0.487 e. The highest BCUT2D eigenvalue weighted by atomic mass is 16.5. The molecule has 0 fully saturated rings. The first-order valence-electron chi connectivity index (χ1n) is 7.35. The van der Waals surface area contributed by atoms with Gasteiger partial charge < -0.3 is 4.74 Å². The maximum absolute atomic E-state index is 11.8. The van der Waals surface area contributed by atoms with Crippen LogP contribution < -0.4 is 16.0 Å². The molecule has 2 rings (SSSR count). The Kier molecular flexibility index (Phi) is 5.16. The number of H-pyrrole nitrogens is 1. The summed E-state index contributed by atoms with van der Waals surface area (Å²) < 4.78 is 5.89. The maximum Gasteiger partial charge on any atom is 0.269 e. The van der Waals surface area contributed by atoms with Crippen molar-refractivity contribution in [2.45, 2.75) is 39.7 Å². The fourth-order valence-corrected chi connectivity index (χ4v) is 2.34. The predicted molar refractivity (Wildman–Crippen MR) is 84.5 cm³/mol. The molecule has 0 radical (unpaired) electrons. The predicted octanol–water partition coefficient (Wildman–Crippen LogP) is 2.41. The molecule has 2 aromatic rings. The number of hydrazine groups is 1. The molecule has 118 valence electrons. The van der Waals surface area contributed by atoms with Crippen LogP contribution in [-0.2, 0) is 6.61 Å². The van der Waals surface area contributed by atoms with E-state index in [0.29, 0.717) is 22.9 Å². The number of amides is 1. The number of nitrogens with zero attached hydrogens (tertiary/aromatic N) is 1. The number of aromatic amines is 1. The molecule has 0 aliphatic carbocycles. The van der Waals surface area contributed by atoms with Gasteiger partial charge >= 0.3 is 0 Å². The number of para-hydroxylation sites is 1. The average molecular weight is 302 g/mol. The highest BCUT2D eigenvalue weighted by Crippen LogP contribution is 2.29. The number of hydrogen-bond donors (Lipinski definition) is 3. The highest BCUT2D eigenvalue weighted by Gasteiger charge is 2.18. The molecule has 0 bridgehead atoms. The van der Waals surface area contributed by atoms with Crippen LogP contribution in [0.15, 0.2) is 24.3 Å². The lowest BCUT2D eigenvalue weighted by Crippen LogP contribution is -2.31. The van der Waals surface area contributed by atoms with Crippen molar-refractivity contribution < 1.29 is 9.53 Å². The van der Waals surface area contributed by atoms with Crippen LogP contribution in [0.25, 0.3) is 0 Å². The minimum absolute atomic E-state index is 0.209. The van der Waals surface area contributed by atoms with Gasteiger partial charge in [0.2, 0.25) is 0 Å². The summed E-state index contributed by atoms with van der Waals surface area (Å²) >= 11 is 0. The Labute approximate surface area is 130 Å². The van der Waals surface area contributed by atoms with Crippen molar-refractivity contribution in [3.63, 3.8) is 0 Å². The van der Waals surface area contributed by atoms with Crippen LogP contribution in [0.2, 0.25) is 0 Å². The Balaban J connectivity index is 2.20. The molecule has 6 heteroatoms. The standard InChI is InChI=1S/C16H22N4O2/c1-4-10(2)12-7-5-6-8-14(12)22-9-13-15(16(21)18-17)11(3)19-20-13/h5-8,10H,4,9,17H2,1-3H3,(H,18,21)(H,19,20). The number of hydrogen-bond acceptors (Lipinski definition) is 4. The van der Waals surface area contributed by atoms with Gasteiger partial charge in [0.1, 0.15) is 18.1 Å². The molecule has 1 unspecified atom stereocenters. The number of carbonyl (C=O) groups is 1. The van der Waals surface area contributed by atoms with Gasteiger partial charge in [0, 0.05) is 5.69 Å². The van der Waals surface area contributed by atoms with Crippen molar-refractivity contribution in [2.24, 2.45) is 5.84 Å². The van der Waals surface area contributed by atoms with Crippen LogP contribution >= 0.6 is 0 Å². The third kappa shape index (κ3) is 3.28. The van der Waals surface area contributed by atoms with E-state index in [0.717, 1.165) is 17.7 Å². The van der Waals surface area contributed by atoms with Gasteiger partial charge in [-0.2, -0.15) is 5.10 Å². The second kappa shape index (κ2) is 7.09. The first-order valence-corrected chi connectivity index (χ1v) is 7.35. The first-order chi connectivity index (χ1) is 10.6. The van der Waals surface area contributed by atoms with Gasteiger partial charge in [-0.15, -0.1) is 0 Å². The molecule has 0 aliphatic heterocycles. The minimum Gasteiger partial charge on any atom is -0.487 e. The number of benzene rings is 1. The van der Waals surface area contributed by atoms with Crippen LogP contribution in [0.3, 0.4) is 0 Å². The number of aromatic nitrogens is 2. The summed E-state index contributed by atoms with van der Waals surface area (Å²) in [5.41, 5.74) is 4.92. The van der Waals surface area contributed by atoms with E-state index >= 15 is 0 Å². The summed E-state index contributed by atoms with van der Waals surface area (Å²) in [7, 11) is 0. The van der Waals surface area contributed by atoms with Crippen LogP contribution in [0.1, 0.15) is 53.5 Å². The molecule has 1 atom stereocenters. The van der Waals surface area contributed by atoms with Crippen molar-refractivity contribution in [2.75, 3.05) is 0 Å². The Morgan fingerprint density at radius 2 is 2.18 bits per heavy atom. The summed E-state index contributed by atoms with van der Waals surface area (Å²) in [5.74, 6) is 6.06. The van der Waals surface area contributed by atoms with E-state index in [2.05, 4.69) is 35.5 Å². The first kappa shape index (κ1) is 16.0. The number of nitrogens with two attached hydrogens (primary N) is 1. The van der Waals surface area contributed by atoms with Crippen LogP contribution in [-0.4, -0.2) is 16.1 Å². The number of rotatable bonds is 6. The van der Waals surface area contributed by atoms with Gasteiger partial charge in [-0.3, -0.25) is 15.3 Å². The lowest BCUT2D eigenvalue weighted by atomic mass is 9.98. The summed E-state index contributed by atoms with van der Waals surface area (Å²) in [6, 6.07) is 7.93. The smallest absolute Gasteiger partial charge is 0.269 e. The van der Waals surface area contributed by atoms with Crippen molar-refractivity contribution in [3.8, 4) is 5.75 Å². The summed E-state index contributed by atoms with van der Waals surface area (Å²) in [5, 5.41) is 6.92.